The van der Waals surface area contributed by atoms with E-state index in [-0.39, 0.29) is 17.2 Å². The zero-order chi connectivity index (χ0) is 21.5. The van der Waals surface area contributed by atoms with Crippen molar-refractivity contribution in [3.8, 4) is 0 Å². The lowest BCUT2D eigenvalue weighted by molar-refractivity contribution is 0.0601. The number of hydrogen-bond acceptors (Lipinski definition) is 3. The summed E-state index contributed by atoms with van der Waals surface area (Å²) in [5.74, 6) is 0.981. The van der Waals surface area contributed by atoms with Gasteiger partial charge in [0.25, 0.3) is 0 Å². The number of methoxy groups -OCH3 is 1. The first-order valence-corrected chi connectivity index (χ1v) is 10.6. The summed E-state index contributed by atoms with van der Waals surface area (Å²) in [4.78, 5) is 16.9. The number of fused-ring (bicyclic) bond motifs is 1. The van der Waals surface area contributed by atoms with E-state index in [1.54, 1.807) is 0 Å². The Bertz CT molecular complexity index is 1070. The number of benzene rings is 2. The van der Waals surface area contributed by atoms with Crippen molar-refractivity contribution >= 4 is 17.0 Å². The molecule has 1 aliphatic rings. The van der Waals surface area contributed by atoms with Crippen LogP contribution in [0.5, 0.6) is 0 Å². The van der Waals surface area contributed by atoms with E-state index in [1.807, 2.05) is 30.3 Å². The van der Waals surface area contributed by atoms with E-state index in [9.17, 15) is 9.18 Å². The largest absolute Gasteiger partial charge is 0.465 e. The molecule has 4 nitrogen and oxygen atoms in total. The number of rotatable bonds is 4. The van der Waals surface area contributed by atoms with Crippen LogP contribution in [-0.4, -0.2) is 22.6 Å². The molecule has 1 aromatic heterocycles. The number of carbonyl (C=O) groups excluding carboxylic acids is 1. The monoisotopic (exact) mass is 408 g/mol. The molecular weight excluding hydrogens is 379 g/mol. The highest BCUT2D eigenvalue weighted by Gasteiger charge is 2.34. The lowest BCUT2D eigenvalue weighted by Crippen LogP contribution is -2.30. The van der Waals surface area contributed by atoms with E-state index in [4.69, 9.17) is 9.72 Å². The molecule has 0 aliphatic heterocycles. The molecule has 1 aliphatic carbocycles. The summed E-state index contributed by atoms with van der Waals surface area (Å²) in [6.07, 6.45) is 4.02. The van der Waals surface area contributed by atoms with Crippen molar-refractivity contribution in [3.05, 3.63) is 65.2 Å². The van der Waals surface area contributed by atoms with Gasteiger partial charge in [-0.05, 0) is 66.5 Å². The molecule has 4 rings (SSSR count). The molecule has 0 bridgehead atoms. The first kappa shape index (κ1) is 20.6. The number of hydrogen-bond donors (Lipinski definition) is 0. The molecule has 0 radical (unpaired) electrons. The van der Waals surface area contributed by atoms with Crippen LogP contribution in [-0.2, 0) is 11.2 Å². The number of carbonyl (C=O) groups is 1. The molecule has 1 unspecified atom stereocenters. The number of esters is 1. The SMILES string of the molecule is COC(=O)c1ccc2c(c1)nc(Cc1ccc(F)cc1)n2C1C[C@H](C)CC(C)(C)C1. The van der Waals surface area contributed by atoms with Gasteiger partial charge >= 0.3 is 5.97 Å². The third-order valence-electron chi connectivity index (χ3n) is 6.19. The van der Waals surface area contributed by atoms with Crippen molar-refractivity contribution in [1.82, 2.24) is 9.55 Å². The molecule has 1 heterocycles. The Kier molecular flexibility index (Phi) is 5.39. The second-order valence-corrected chi connectivity index (χ2v) is 9.46. The highest BCUT2D eigenvalue weighted by Crippen LogP contribution is 2.45. The molecule has 30 heavy (non-hydrogen) atoms. The minimum absolute atomic E-state index is 0.238. The van der Waals surface area contributed by atoms with Gasteiger partial charge in [-0.2, -0.15) is 0 Å². The summed E-state index contributed by atoms with van der Waals surface area (Å²) in [5, 5.41) is 0. The van der Waals surface area contributed by atoms with Crippen molar-refractivity contribution in [2.24, 2.45) is 11.3 Å². The Morgan fingerprint density at radius 1 is 1.20 bits per heavy atom. The fraction of sp³-hybridized carbons (Fsp3) is 0.440. The zero-order valence-electron chi connectivity index (χ0n) is 18.1. The normalized spacial score (nSPS) is 21.0. The van der Waals surface area contributed by atoms with Gasteiger partial charge in [0.15, 0.2) is 0 Å². The summed E-state index contributed by atoms with van der Waals surface area (Å²) < 4.78 is 20.6. The summed E-state index contributed by atoms with van der Waals surface area (Å²) in [7, 11) is 1.39. The maximum absolute atomic E-state index is 13.4. The molecule has 0 saturated heterocycles. The number of imidazole rings is 1. The van der Waals surface area contributed by atoms with E-state index in [0.717, 1.165) is 35.3 Å². The van der Waals surface area contributed by atoms with E-state index in [2.05, 4.69) is 25.3 Å². The van der Waals surface area contributed by atoms with E-state index < -0.39 is 0 Å². The predicted molar refractivity (Wildman–Crippen MR) is 116 cm³/mol. The average molecular weight is 409 g/mol. The van der Waals surface area contributed by atoms with Crippen molar-refractivity contribution < 1.29 is 13.9 Å². The summed E-state index contributed by atoms with van der Waals surface area (Å²) in [5.41, 5.74) is 3.61. The highest BCUT2D eigenvalue weighted by molar-refractivity contribution is 5.93. The minimum Gasteiger partial charge on any atom is -0.465 e. The Morgan fingerprint density at radius 3 is 2.60 bits per heavy atom. The maximum Gasteiger partial charge on any atom is 0.337 e. The van der Waals surface area contributed by atoms with Crippen LogP contribution in [0.1, 0.15) is 67.8 Å². The molecule has 2 aromatic carbocycles. The van der Waals surface area contributed by atoms with E-state index in [1.165, 1.54) is 25.7 Å². The Labute approximate surface area is 177 Å². The fourth-order valence-electron chi connectivity index (χ4n) is 5.20. The third kappa shape index (κ3) is 4.11. The van der Waals surface area contributed by atoms with Crippen molar-refractivity contribution in [3.63, 3.8) is 0 Å². The average Bonchev–Trinajstić information content (AvgIpc) is 3.04. The van der Waals surface area contributed by atoms with Gasteiger partial charge in [-0.1, -0.05) is 32.9 Å². The Balaban J connectivity index is 1.82. The molecule has 3 aromatic rings. The van der Waals surface area contributed by atoms with Gasteiger partial charge in [-0.25, -0.2) is 14.2 Å². The van der Waals surface area contributed by atoms with Crippen LogP contribution < -0.4 is 0 Å². The van der Waals surface area contributed by atoms with Crippen LogP contribution in [0.25, 0.3) is 11.0 Å². The maximum atomic E-state index is 13.4. The predicted octanol–water partition coefficient (Wildman–Crippen LogP) is 5.94. The van der Waals surface area contributed by atoms with Crippen molar-refractivity contribution in [2.45, 2.75) is 52.5 Å². The van der Waals surface area contributed by atoms with Gasteiger partial charge in [-0.3, -0.25) is 0 Å². The van der Waals surface area contributed by atoms with Gasteiger partial charge in [0.05, 0.1) is 23.7 Å². The number of halogens is 1. The molecule has 158 valence electrons. The van der Waals surface area contributed by atoms with E-state index >= 15 is 0 Å². The number of nitrogens with zero attached hydrogens (tertiary/aromatic N) is 2. The van der Waals surface area contributed by atoms with Crippen LogP contribution in [0.2, 0.25) is 0 Å². The molecule has 5 heteroatoms. The van der Waals surface area contributed by atoms with Crippen molar-refractivity contribution in [2.75, 3.05) is 7.11 Å². The van der Waals surface area contributed by atoms with Gasteiger partial charge in [0.2, 0.25) is 0 Å². The van der Waals surface area contributed by atoms with Gasteiger partial charge < -0.3 is 9.30 Å². The molecule has 2 atom stereocenters. The molecule has 1 fully saturated rings. The van der Waals surface area contributed by atoms with Crippen LogP contribution in [0.15, 0.2) is 42.5 Å². The Morgan fingerprint density at radius 2 is 1.93 bits per heavy atom. The second-order valence-electron chi connectivity index (χ2n) is 9.46. The fourth-order valence-corrected chi connectivity index (χ4v) is 5.20. The summed E-state index contributed by atoms with van der Waals surface area (Å²) in [6.45, 7) is 7.00. The highest BCUT2D eigenvalue weighted by atomic mass is 19.1. The van der Waals surface area contributed by atoms with Crippen LogP contribution in [0, 0.1) is 17.2 Å². The zero-order valence-corrected chi connectivity index (χ0v) is 18.1. The van der Waals surface area contributed by atoms with Crippen molar-refractivity contribution in [1.29, 1.82) is 0 Å². The second kappa shape index (κ2) is 7.86. The smallest absolute Gasteiger partial charge is 0.337 e. The molecule has 0 amide bonds. The standard InChI is InChI=1S/C25H29FN2O2/c1-16-11-20(15-25(2,3)14-16)28-22-10-7-18(24(29)30-4)13-21(22)27-23(28)12-17-5-8-19(26)9-6-17/h5-10,13,16,20H,11-12,14-15H2,1-4H3/t16-,20?/m0/s1. The van der Waals surface area contributed by atoms with Gasteiger partial charge in [0.1, 0.15) is 11.6 Å². The van der Waals surface area contributed by atoms with E-state index in [0.29, 0.717) is 23.9 Å². The molecule has 0 spiro atoms. The van der Waals surface area contributed by atoms with Crippen LogP contribution >= 0.6 is 0 Å². The molecule has 1 saturated carbocycles. The number of aromatic nitrogens is 2. The van der Waals surface area contributed by atoms with Crippen LogP contribution in [0.4, 0.5) is 4.39 Å². The Hall–Kier alpha value is -2.69. The van der Waals surface area contributed by atoms with Crippen LogP contribution in [0.3, 0.4) is 0 Å². The quantitative estimate of drug-likeness (QED) is 0.502. The van der Waals surface area contributed by atoms with Gasteiger partial charge in [-0.15, -0.1) is 0 Å². The minimum atomic E-state index is -0.362. The lowest BCUT2D eigenvalue weighted by Gasteiger charge is -2.40. The first-order chi connectivity index (χ1) is 14.3. The number of ether oxygens (including phenoxy) is 1. The van der Waals surface area contributed by atoms with Gasteiger partial charge in [0, 0.05) is 12.5 Å². The first-order valence-electron chi connectivity index (χ1n) is 10.6. The topological polar surface area (TPSA) is 44.1 Å². The molecule has 0 N–H and O–H groups in total. The molecular formula is C25H29FN2O2. The summed E-state index contributed by atoms with van der Waals surface area (Å²) in [6, 6.07) is 12.5. The third-order valence-corrected chi connectivity index (χ3v) is 6.19. The lowest BCUT2D eigenvalue weighted by atomic mass is 9.70. The summed E-state index contributed by atoms with van der Waals surface area (Å²) >= 11 is 0.